The summed E-state index contributed by atoms with van der Waals surface area (Å²) in [6, 6.07) is 1.65. The zero-order valence-electron chi connectivity index (χ0n) is 7.92. The predicted octanol–water partition coefficient (Wildman–Crippen LogP) is 1.95. The minimum absolute atomic E-state index is 0.351. The summed E-state index contributed by atoms with van der Waals surface area (Å²) in [5.41, 5.74) is 9.19. The molecule has 0 aliphatic carbocycles. The van der Waals surface area contributed by atoms with Crippen molar-refractivity contribution in [1.29, 1.82) is 0 Å². The molecule has 5 nitrogen and oxygen atoms in total. The maximum atomic E-state index is 10.4. The molecule has 0 aromatic carbocycles. The first-order chi connectivity index (χ1) is 7.36. The number of pyridine rings is 1. The van der Waals surface area contributed by atoms with Crippen LogP contribution in [0, 0.1) is 11.8 Å². The van der Waals surface area contributed by atoms with Crippen molar-refractivity contribution in [2.75, 3.05) is 6.54 Å². The van der Waals surface area contributed by atoms with Crippen LogP contribution in [0.15, 0.2) is 23.6 Å². The molecule has 0 saturated carbocycles. The molecule has 5 heteroatoms. The van der Waals surface area contributed by atoms with Gasteiger partial charge in [0.2, 0.25) is 0 Å². The van der Waals surface area contributed by atoms with Crippen molar-refractivity contribution < 1.29 is 4.79 Å². The van der Waals surface area contributed by atoms with Crippen LogP contribution in [0.3, 0.4) is 0 Å². The maximum Gasteiger partial charge on any atom is 0.151 e. The van der Waals surface area contributed by atoms with E-state index in [1.807, 2.05) is 0 Å². The van der Waals surface area contributed by atoms with Crippen LogP contribution in [0.4, 0.5) is 0 Å². The summed E-state index contributed by atoms with van der Waals surface area (Å²) >= 11 is 0. The molecule has 0 saturated heterocycles. The minimum atomic E-state index is 0.351. The highest BCUT2D eigenvalue weighted by Gasteiger charge is 1.91. The lowest BCUT2D eigenvalue weighted by Crippen LogP contribution is -1.84. The third-order valence-electron chi connectivity index (χ3n) is 1.53. The normalized spacial score (nSPS) is 8.27. The van der Waals surface area contributed by atoms with E-state index in [0.29, 0.717) is 24.1 Å². The highest BCUT2D eigenvalue weighted by molar-refractivity contribution is 5.74. The number of hydrogen-bond acceptors (Lipinski definition) is 3. The van der Waals surface area contributed by atoms with Gasteiger partial charge in [-0.2, -0.15) is 0 Å². The van der Waals surface area contributed by atoms with Crippen molar-refractivity contribution in [2.45, 2.75) is 6.42 Å². The van der Waals surface area contributed by atoms with Crippen molar-refractivity contribution in [3.63, 3.8) is 0 Å². The summed E-state index contributed by atoms with van der Waals surface area (Å²) in [5, 5.41) is 3.34. The Kier molecular flexibility index (Phi) is 4.44. The van der Waals surface area contributed by atoms with E-state index < -0.39 is 0 Å². The molecule has 0 atom stereocenters. The van der Waals surface area contributed by atoms with E-state index >= 15 is 0 Å². The van der Waals surface area contributed by atoms with Crippen molar-refractivity contribution in [2.24, 2.45) is 5.11 Å². The van der Waals surface area contributed by atoms with Crippen LogP contribution in [0.25, 0.3) is 10.4 Å². The van der Waals surface area contributed by atoms with Crippen LogP contribution in [0.2, 0.25) is 0 Å². The number of carbonyl (C=O) groups is 1. The van der Waals surface area contributed by atoms with Crippen LogP contribution in [-0.4, -0.2) is 17.8 Å². The van der Waals surface area contributed by atoms with Crippen molar-refractivity contribution in [1.82, 2.24) is 4.98 Å². The largest absolute Gasteiger partial charge is 0.298 e. The van der Waals surface area contributed by atoms with E-state index in [0.717, 1.165) is 6.29 Å². The van der Waals surface area contributed by atoms with Gasteiger partial charge in [0.25, 0.3) is 0 Å². The van der Waals surface area contributed by atoms with Gasteiger partial charge in [0, 0.05) is 41.4 Å². The summed E-state index contributed by atoms with van der Waals surface area (Å²) in [6.07, 6.45) is 4.26. The second-order valence-electron chi connectivity index (χ2n) is 2.63. The smallest absolute Gasteiger partial charge is 0.151 e. The van der Waals surface area contributed by atoms with Gasteiger partial charge in [-0.05, 0) is 11.6 Å². The maximum absolute atomic E-state index is 10.4. The topological polar surface area (TPSA) is 78.7 Å². The van der Waals surface area contributed by atoms with Crippen LogP contribution in [0.5, 0.6) is 0 Å². The molecule has 1 aromatic heterocycles. The van der Waals surface area contributed by atoms with Gasteiger partial charge in [-0.15, -0.1) is 0 Å². The van der Waals surface area contributed by atoms with E-state index in [1.165, 1.54) is 6.20 Å². The van der Waals surface area contributed by atoms with Crippen LogP contribution < -0.4 is 0 Å². The molecular formula is C10H8N4O. The van der Waals surface area contributed by atoms with Gasteiger partial charge in [0.15, 0.2) is 6.29 Å². The van der Waals surface area contributed by atoms with E-state index in [-0.39, 0.29) is 0 Å². The summed E-state index contributed by atoms with van der Waals surface area (Å²) < 4.78 is 0. The summed E-state index contributed by atoms with van der Waals surface area (Å²) in [5.74, 6) is 5.64. The quantitative estimate of drug-likeness (QED) is 0.187. The van der Waals surface area contributed by atoms with Gasteiger partial charge < -0.3 is 0 Å². The Labute approximate surface area is 86.8 Å². The summed E-state index contributed by atoms with van der Waals surface area (Å²) in [4.78, 5) is 16.9. The van der Waals surface area contributed by atoms with E-state index in [4.69, 9.17) is 5.53 Å². The Morgan fingerprint density at radius 3 is 3.20 bits per heavy atom. The molecule has 74 valence electrons. The Hall–Kier alpha value is -2.31. The molecule has 15 heavy (non-hydrogen) atoms. The Morgan fingerprint density at radius 2 is 2.47 bits per heavy atom. The highest BCUT2D eigenvalue weighted by Crippen LogP contribution is 1.98. The first-order valence-electron chi connectivity index (χ1n) is 4.27. The van der Waals surface area contributed by atoms with Crippen molar-refractivity contribution >= 4 is 6.29 Å². The molecule has 0 aliphatic rings. The molecule has 0 spiro atoms. The highest BCUT2D eigenvalue weighted by atomic mass is 16.1. The fourth-order valence-electron chi connectivity index (χ4n) is 0.906. The molecule has 0 aliphatic heterocycles. The molecule has 1 heterocycles. The van der Waals surface area contributed by atoms with E-state index in [1.54, 1.807) is 12.3 Å². The molecule has 1 rings (SSSR count). The van der Waals surface area contributed by atoms with Crippen LogP contribution >= 0.6 is 0 Å². The molecule has 0 fully saturated rings. The van der Waals surface area contributed by atoms with E-state index in [2.05, 4.69) is 26.9 Å². The predicted molar refractivity (Wildman–Crippen MR) is 55.1 cm³/mol. The number of rotatable bonds is 3. The van der Waals surface area contributed by atoms with E-state index in [9.17, 15) is 4.79 Å². The summed E-state index contributed by atoms with van der Waals surface area (Å²) in [6.45, 7) is 0.351. The Morgan fingerprint density at radius 1 is 1.60 bits per heavy atom. The first kappa shape index (κ1) is 10.8. The molecule has 0 bridgehead atoms. The zero-order valence-corrected chi connectivity index (χ0v) is 7.92. The first-order valence-corrected chi connectivity index (χ1v) is 4.27. The number of carbonyl (C=O) groups excluding carboxylic acids is 1. The minimum Gasteiger partial charge on any atom is -0.298 e. The molecule has 0 N–H and O–H groups in total. The standard InChI is InChI=1S/C10H8N4O/c11-14-13-4-2-1-3-9-5-10(8-15)7-12-6-9/h5-8H,2,4H2. The molecule has 1 aromatic rings. The number of aromatic nitrogens is 1. The fourth-order valence-corrected chi connectivity index (χ4v) is 0.906. The fraction of sp³-hybridized carbons (Fsp3) is 0.200. The summed E-state index contributed by atoms with van der Waals surface area (Å²) in [7, 11) is 0. The SMILES string of the molecule is [N-]=[N+]=NCCC#Cc1cncc(C=O)c1. The van der Waals surface area contributed by atoms with Gasteiger partial charge in [0.1, 0.15) is 0 Å². The third-order valence-corrected chi connectivity index (χ3v) is 1.53. The average Bonchev–Trinajstić information content (AvgIpc) is 2.29. The van der Waals surface area contributed by atoms with Crippen LogP contribution in [-0.2, 0) is 0 Å². The molecule has 0 amide bonds. The van der Waals surface area contributed by atoms with Gasteiger partial charge >= 0.3 is 0 Å². The van der Waals surface area contributed by atoms with Crippen molar-refractivity contribution in [3.05, 3.63) is 40.0 Å². The van der Waals surface area contributed by atoms with Gasteiger partial charge in [-0.1, -0.05) is 17.0 Å². The second-order valence-corrected chi connectivity index (χ2v) is 2.63. The number of hydrogen-bond donors (Lipinski definition) is 0. The molecule has 0 unspecified atom stereocenters. The third kappa shape index (κ3) is 3.94. The number of azide groups is 1. The Bertz CT molecular complexity index is 452. The monoisotopic (exact) mass is 200 g/mol. The lowest BCUT2D eigenvalue weighted by atomic mass is 10.2. The number of nitrogens with zero attached hydrogens (tertiary/aromatic N) is 4. The Balaban J connectivity index is 2.62. The van der Waals surface area contributed by atoms with Gasteiger partial charge in [-0.3, -0.25) is 9.78 Å². The lowest BCUT2D eigenvalue weighted by Gasteiger charge is -1.90. The molecular weight excluding hydrogens is 192 g/mol. The number of aldehydes is 1. The molecule has 0 radical (unpaired) electrons. The van der Waals surface area contributed by atoms with Crippen LogP contribution in [0.1, 0.15) is 22.3 Å². The zero-order chi connectivity index (χ0) is 10.9. The lowest BCUT2D eigenvalue weighted by molar-refractivity contribution is 0.112. The van der Waals surface area contributed by atoms with Gasteiger partial charge in [-0.25, -0.2) is 0 Å². The van der Waals surface area contributed by atoms with Gasteiger partial charge in [0.05, 0.1) is 0 Å². The average molecular weight is 200 g/mol. The second kappa shape index (κ2) is 6.19. The van der Waals surface area contributed by atoms with Crippen molar-refractivity contribution in [3.8, 4) is 11.8 Å².